The van der Waals surface area contributed by atoms with Crippen LogP contribution in [0, 0.1) is 6.92 Å². The molecule has 1 aliphatic heterocycles. The number of carboxylic acids is 1. The van der Waals surface area contributed by atoms with Gasteiger partial charge in [0.05, 0.1) is 32.3 Å². The molecule has 1 N–H and O–H groups in total. The minimum Gasteiger partial charge on any atom is -0.493 e. The lowest BCUT2D eigenvalue weighted by Crippen LogP contribution is -2.49. The number of nitrogens with zero attached hydrogens (tertiary/aromatic N) is 2. The summed E-state index contributed by atoms with van der Waals surface area (Å²) in [6.07, 6.45) is 0.144. The molecule has 1 aliphatic rings. The molecule has 1 unspecified atom stereocenters. The van der Waals surface area contributed by atoms with Gasteiger partial charge in [-0.2, -0.15) is 0 Å². The van der Waals surface area contributed by atoms with E-state index in [2.05, 4.69) is 0 Å². The first kappa shape index (κ1) is 19.2. The van der Waals surface area contributed by atoms with Crippen molar-refractivity contribution in [1.29, 1.82) is 0 Å². The zero-order chi connectivity index (χ0) is 18.2. The molecular formula is C18H26N2O5. The molecule has 1 amide bonds. The van der Waals surface area contributed by atoms with Gasteiger partial charge in [-0.05, 0) is 31.7 Å². The third kappa shape index (κ3) is 6.72. The van der Waals surface area contributed by atoms with Crippen LogP contribution >= 0.6 is 0 Å². The number of hydrogen-bond donors (Lipinski definition) is 1. The number of amides is 1. The van der Waals surface area contributed by atoms with Crippen LogP contribution in [0.1, 0.15) is 12.0 Å². The Morgan fingerprint density at radius 2 is 2.24 bits per heavy atom. The van der Waals surface area contributed by atoms with Crippen molar-refractivity contribution in [2.45, 2.75) is 19.4 Å². The summed E-state index contributed by atoms with van der Waals surface area (Å²) < 4.78 is 11.3. The Balaban J connectivity index is 1.74. The second-order valence-corrected chi connectivity index (χ2v) is 6.34. The number of carbonyl (C=O) groups is 2. The van der Waals surface area contributed by atoms with Gasteiger partial charge < -0.3 is 19.5 Å². The zero-order valence-corrected chi connectivity index (χ0v) is 14.8. The van der Waals surface area contributed by atoms with E-state index in [1.807, 2.05) is 31.2 Å². The van der Waals surface area contributed by atoms with E-state index in [4.69, 9.17) is 14.6 Å². The lowest BCUT2D eigenvalue weighted by Gasteiger charge is -2.34. The van der Waals surface area contributed by atoms with Crippen LogP contribution in [-0.2, 0) is 14.3 Å². The lowest BCUT2D eigenvalue weighted by atomic mass is 10.2. The molecule has 7 nitrogen and oxygen atoms in total. The number of carboxylic acid groups (broad SMARTS) is 1. The minimum absolute atomic E-state index is 0.0295. The molecule has 0 spiro atoms. The van der Waals surface area contributed by atoms with Gasteiger partial charge in [0.1, 0.15) is 5.75 Å². The monoisotopic (exact) mass is 350 g/mol. The number of likely N-dealkylation sites (N-methyl/N-ethyl adjacent to an activating group) is 1. The topological polar surface area (TPSA) is 79.3 Å². The highest BCUT2D eigenvalue weighted by Crippen LogP contribution is 2.13. The van der Waals surface area contributed by atoms with Gasteiger partial charge in [0.2, 0.25) is 5.91 Å². The van der Waals surface area contributed by atoms with E-state index in [0.29, 0.717) is 39.3 Å². The summed E-state index contributed by atoms with van der Waals surface area (Å²) >= 11 is 0. The smallest absolute Gasteiger partial charge is 0.317 e. The highest BCUT2D eigenvalue weighted by atomic mass is 16.5. The number of aryl methyl sites for hydroxylation is 1. The summed E-state index contributed by atoms with van der Waals surface area (Å²) in [5, 5.41) is 8.80. The molecule has 138 valence electrons. The van der Waals surface area contributed by atoms with Crippen LogP contribution in [0.4, 0.5) is 0 Å². The van der Waals surface area contributed by atoms with Crippen LogP contribution in [0.25, 0.3) is 0 Å². The Morgan fingerprint density at radius 3 is 2.96 bits per heavy atom. The number of carbonyl (C=O) groups excluding carboxylic acids is 1. The Bertz CT molecular complexity index is 593. The first-order chi connectivity index (χ1) is 11.9. The highest BCUT2D eigenvalue weighted by molar-refractivity contribution is 5.76. The summed E-state index contributed by atoms with van der Waals surface area (Å²) in [5.74, 6) is -0.0793. The first-order valence-corrected chi connectivity index (χ1v) is 8.43. The van der Waals surface area contributed by atoms with Gasteiger partial charge in [0.15, 0.2) is 0 Å². The molecule has 1 aromatic carbocycles. The lowest BCUT2D eigenvalue weighted by molar-refractivity contribution is -0.142. The molecule has 1 saturated heterocycles. The predicted octanol–water partition coefficient (Wildman–Crippen LogP) is 1.01. The first-order valence-electron chi connectivity index (χ1n) is 8.43. The molecule has 0 saturated carbocycles. The number of morpholine rings is 1. The van der Waals surface area contributed by atoms with Crippen LogP contribution in [0.15, 0.2) is 24.3 Å². The van der Waals surface area contributed by atoms with Crippen LogP contribution in [0.2, 0.25) is 0 Å². The Morgan fingerprint density at radius 1 is 1.44 bits per heavy atom. The SMILES string of the molecule is Cc1cccc(OCCC(=O)N2CCOC(CN(C)CC(=O)O)C2)c1. The molecule has 1 aromatic rings. The van der Waals surface area contributed by atoms with E-state index in [0.717, 1.165) is 11.3 Å². The number of benzene rings is 1. The third-order valence-electron chi connectivity index (χ3n) is 3.99. The Kier molecular flexibility index (Phi) is 7.21. The van der Waals surface area contributed by atoms with Crippen molar-refractivity contribution in [3.63, 3.8) is 0 Å². The van der Waals surface area contributed by atoms with E-state index in [1.165, 1.54) is 0 Å². The summed E-state index contributed by atoms with van der Waals surface area (Å²) in [4.78, 5) is 26.5. The maximum absolute atomic E-state index is 12.3. The third-order valence-corrected chi connectivity index (χ3v) is 3.99. The maximum atomic E-state index is 12.3. The predicted molar refractivity (Wildman–Crippen MR) is 92.7 cm³/mol. The van der Waals surface area contributed by atoms with Gasteiger partial charge >= 0.3 is 5.97 Å². The molecule has 7 heteroatoms. The summed E-state index contributed by atoms with van der Waals surface area (Å²) in [6.45, 7) is 4.27. The second-order valence-electron chi connectivity index (χ2n) is 6.34. The van der Waals surface area contributed by atoms with Gasteiger partial charge in [-0.15, -0.1) is 0 Å². The van der Waals surface area contributed by atoms with Crippen molar-refractivity contribution in [2.24, 2.45) is 0 Å². The molecule has 0 bridgehead atoms. The quantitative estimate of drug-likeness (QED) is 0.754. The summed E-state index contributed by atoms with van der Waals surface area (Å²) in [5.41, 5.74) is 1.12. The van der Waals surface area contributed by atoms with Gasteiger partial charge in [-0.3, -0.25) is 14.5 Å². The van der Waals surface area contributed by atoms with Gasteiger partial charge in [0, 0.05) is 19.6 Å². The summed E-state index contributed by atoms with van der Waals surface area (Å²) in [6, 6.07) is 7.73. The fourth-order valence-electron chi connectivity index (χ4n) is 2.82. The number of ether oxygens (including phenoxy) is 2. The number of aliphatic carboxylic acids is 1. The van der Waals surface area contributed by atoms with E-state index < -0.39 is 5.97 Å². The Labute approximate surface area is 148 Å². The van der Waals surface area contributed by atoms with Gasteiger partial charge in [-0.25, -0.2) is 0 Å². The molecule has 1 heterocycles. The Hall–Kier alpha value is -2.12. The molecule has 2 rings (SSSR count). The fraction of sp³-hybridized carbons (Fsp3) is 0.556. The standard InChI is InChI=1S/C18H26N2O5/c1-14-4-3-5-15(10-14)24-8-6-17(21)20-7-9-25-16(12-20)11-19(2)13-18(22)23/h3-5,10,16H,6-9,11-13H2,1-2H3,(H,22,23). The zero-order valence-electron chi connectivity index (χ0n) is 14.8. The van der Waals surface area contributed by atoms with E-state index in [9.17, 15) is 9.59 Å². The normalized spacial score (nSPS) is 17.6. The van der Waals surface area contributed by atoms with Crippen molar-refractivity contribution in [3.8, 4) is 5.75 Å². The van der Waals surface area contributed by atoms with Crippen molar-refractivity contribution in [1.82, 2.24) is 9.80 Å². The van der Waals surface area contributed by atoms with Crippen LogP contribution in [0.3, 0.4) is 0 Å². The number of hydrogen-bond acceptors (Lipinski definition) is 5. The van der Waals surface area contributed by atoms with Crippen molar-refractivity contribution in [3.05, 3.63) is 29.8 Å². The van der Waals surface area contributed by atoms with Crippen LogP contribution in [0.5, 0.6) is 5.75 Å². The van der Waals surface area contributed by atoms with Crippen LogP contribution < -0.4 is 4.74 Å². The molecule has 1 atom stereocenters. The molecule has 1 fully saturated rings. The largest absolute Gasteiger partial charge is 0.493 e. The molecule has 0 aromatic heterocycles. The van der Waals surface area contributed by atoms with Crippen molar-refractivity contribution >= 4 is 11.9 Å². The average molecular weight is 350 g/mol. The van der Waals surface area contributed by atoms with E-state index in [1.54, 1.807) is 16.8 Å². The molecule has 0 aliphatic carbocycles. The minimum atomic E-state index is -0.875. The fourth-order valence-corrected chi connectivity index (χ4v) is 2.82. The maximum Gasteiger partial charge on any atom is 0.317 e. The number of rotatable bonds is 8. The van der Waals surface area contributed by atoms with E-state index in [-0.39, 0.29) is 18.6 Å². The molecule has 0 radical (unpaired) electrons. The van der Waals surface area contributed by atoms with Crippen LogP contribution in [-0.4, -0.2) is 79.3 Å². The van der Waals surface area contributed by atoms with Gasteiger partial charge in [-0.1, -0.05) is 12.1 Å². The average Bonchev–Trinajstić information content (AvgIpc) is 2.54. The summed E-state index contributed by atoms with van der Waals surface area (Å²) in [7, 11) is 1.73. The molecule has 25 heavy (non-hydrogen) atoms. The second kappa shape index (κ2) is 9.39. The molecular weight excluding hydrogens is 324 g/mol. The van der Waals surface area contributed by atoms with Gasteiger partial charge in [0.25, 0.3) is 0 Å². The van der Waals surface area contributed by atoms with E-state index >= 15 is 0 Å². The van der Waals surface area contributed by atoms with Crippen molar-refractivity contribution in [2.75, 3.05) is 46.4 Å². The van der Waals surface area contributed by atoms with Crippen molar-refractivity contribution < 1.29 is 24.2 Å². The highest BCUT2D eigenvalue weighted by Gasteiger charge is 2.25.